The first-order chi connectivity index (χ1) is 15.6. The van der Waals surface area contributed by atoms with Gasteiger partial charge in [-0.15, -0.1) is 22.7 Å². The van der Waals surface area contributed by atoms with Crippen LogP contribution in [0.5, 0.6) is 0 Å². The maximum absolute atomic E-state index is 4.58. The molecule has 0 spiro atoms. The Morgan fingerprint density at radius 3 is 1.41 bits per heavy atom. The molecule has 184 valence electrons. The fourth-order valence-corrected chi connectivity index (χ4v) is 6.82. The molecule has 0 N–H and O–H groups in total. The van der Waals surface area contributed by atoms with Crippen LogP contribution in [0, 0.1) is 25.7 Å². The summed E-state index contributed by atoms with van der Waals surface area (Å²) in [5.74, 6) is 1.89. The summed E-state index contributed by atoms with van der Waals surface area (Å²) >= 11 is 3.83. The van der Waals surface area contributed by atoms with E-state index in [9.17, 15) is 0 Å². The quantitative estimate of drug-likeness (QED) is 0.413. The van der Waals surface area contributed by atoms with Crippen molar-refractivity contribution in [1.29, 1.82) is 0 Å². The third kappa shape index (κ3) is 9.63. The second kappa shape index (κ2) is 16.8. The molecule has 2 aliphatic rings. The van der Waals surface area contributed by atoms with Crippen LogP contribution < -0.4 is 0 Å². The van der Waals surface area contributed by atoms with E-state index in [1.54, 1.807) is 9.75 Å². The molecule has 2 nitrogen and oxygen atoms in total. The summed E-state index contributed by atoms with van der Waals surface area (Å²) in [5, 5.41) is 2.51. The van der Waals surface area contributed by atoms with Gasteiger partial charge in [-0.25, -0.2) is 9.97 Å². The topological polar surface area (TPSA) is 25.8 Å². The van der Waals surface area contributed by atoms with Crippen molar-refractivity contribution in [3.63, 3.8) is 0 Å². The Morgan fingerprint density at radius 1 is 0.688 bits per heavy atom. The van der Waals surface area contributed by atoms with Crippen molar-refractivity contribution >= 4 is 22.7 Å². The van der Waals surface area contributed by atoms with Crippen LogP contribution in [-0.2, 0) is 25.7 Å². The Kier molecular flexibility index (Phi) is 15.4. The fraction of sp³-hybridized carbons (Fsp3) is 0.786. The molecule has 0 aromatic carbocycles. The third-order valence-electron chi connectivity index (χ3n) is 6.23. The summed E-state index contributed by atoms with van der Waals surface area (Å²) in [6.45, 7) is 16.8. The molecule has 0 saturated carbocycles. The van der Waals surface area contributed by atoms with E-state index < -0.39 is 0 Å². The van der Waals surface area contributed by atoms with Crippen molar-refractivity contribution in [2.45, 2.75) is 132 Å². The zero-order chi connectivity index (χ0) is 23.9. The molecule has 2 atom stereocenters. The Hall–Kier alpha value is -0.740. The first-order valence-electron chi connectivity index (χ1n) is 13.5. The number of aromatic nitrogens is 2. The number of hydrogen-bond acceptors (Lipinski definition) is 4. The van der Waals surface area contributed by atoms with E-state index >= 15 is 0 Å². The fourth-order valence-electron chi connectivity index (χ4n) is 4.62. The number of fused-ring (bicyclic) bond motifs is 2. The molecule has 4 rings (SSSR count). The second-order valence-corrected chi connectivity index (χ2v) is 11.3. The minimum atomic E-state index is 0.947. The molecule has 0 aliphatic heterocycles. The largest absolute Gasteiger partial charge is 0.246 e. The molecular weight excluding hydrogens is 428 g/mol. The van der Waals surface area contributed by atoms with Gasteiger partial charge in [-0.1, -0.05) is 80.1 Å². The molecule has 0 saturated heterocycles. The predicted octanol–water partition coefficient (Wildman–Crippen LogP) is 9.55. The lowest BCUT2D eigenvalue weighted by Gasteiger charge is -2.20. The molecule has 0 radical (unpaired) electrons. The van der Waals surface area contributed by atoms with E-state index in [2.05, 4.69) is 37.7 Å². The van der Waals surface area contributed by atoms with Crippen LogP contribution in [0.2, 0.25) is 0 Å². The van der Waals surface area contributed by atoms with Gasteiger partial charge in [-0.3, -0.25) is 0 Å². The summed E-state index contributed by atoms with van der Waals surface area (Å²) in [6, 6.07) is 0. The molecule has 4 heteroatoms. The smallest absolute Gasteiger partial charge is 0.0900 e. The molecule has 32 heavy (non-hydrogen) atoms. The van der Waals surface area contributed by atoms with Crippen molar-refractivity contribution in [2.75, 3.05) is 0 Å². The highest BCUT2D eigenvalue weighted by Crippen LogP contribution is 2.33. The number of rotatable bonds is 6. The summed E-state index contributed by atoms with van der Waals surface area (Å²) in [5.41, 5.74) is 2.81. The van der Waals surface area contributed by atoms with Crippen LogP contribution in [0.1, 0.15) is 124 Å². The third-order valence-corrected chi connectivity index (χ3v) is 8.30. The standard InChI is InChI=1S/2C12H19NS.2C2H6/c2*1-3-4-5-10-6-7-11-12(8-10)14-9(2)13-11;2*1-2/h2*10H,3-8H2,1-2H3;2*1-2H3/t2*10-;;/m11../s1. The van der Waals surface area contributed by atoms with Gasteiger partial charge in [0, 0.05) is 9.75 Å². The van der Waals surface area contributed by atoms with Crippen molar-refractivity contribution in [2.24, 2.45) is 11.8 Å². The first kappa shape index (κ1) is 29.3. The predicted molar refractivity (Wildman–Crippen MR) is 146 cm³/mol. The van der Waals surface area contributed by atoms with Crippen molar-refractivity contribution < 1.29 is 0 Å². The van der Waals surface area contributed by atoms with Gasteiger partial charge in [-0.2, -0.15) is 0 Å². The van der Waals surface area contributed by atoms with Crippen LogP contribution in [0.3, 0.4) is 0 Å². The zero-order valence-corrected chi connectivity index (χ0v) is 24.0. The van der Waals surface area contributed by atoms with Crippen LogP contribution in [0.25, 0.3) is 0 Å². The molecule has 0 fully saturated rings. The molecule has 0 bridgehead atoms. The summed E-state index contributed by atoms with van der Waals surface area (Å²) in [7, 11) is 0. The monoisotopic (exact) mass is 478 g/mol. The number of nitrogens with zero attached hydrogens (tertiary/aromatic N) is 2. The van der Waals surface area contributed by atoms with Gasteiger partial charge in [-0.05, 0) is 64.2 Å². The van der Waals surface area contributed by atoms with Crippen LogP contribution in [-0.4, -0.2) is 9.97 Å². The summed E-state index contributed by atoms with van der Waals surface area (Å²) in [6.07, 6.45) is 16.1. The van der Waals surface area contributed by atoms with E-state index in [0.29, 0.717) is 0 Å². The van der Waals surface area contributed by atoms with Gasteiger partial charge in [0.1, 0.15) is 0 Å². The van der Waals surface area contributed by atoms with Gasteiger partial charge in [0.15, 0.2) is 0 Å². The molecule has 2 aromatic heterocycles. The highest BCUT2D eigenvalue weighted by molar-refractivity contribution is 7.12. The van der Waals surface area contributed by atoms with Crippen LogP contribution in [0.4, 0.5) is 0 Å². The Labute approximate surface area is 207 Å². The minimum Gasteiger partial charge on any atom is -0.246 e. The van der Waals surface area contributed by atoms with Crippen molar-refractivity contribution in [1.82, 2.24) is 9.97 Å². The van der Waals surface area contributed by atoms with Gasteiger partial charge in [0.05, 0.1) is 21.4 Å². The van der Waals surface area contributed by atoms with E-state index in [1.807, 2.05) is 50.4 Å². The lowest BCUT2D eigenvalue weighted by atomic mass is 9.87. The average molecular weight is 479 g/mol. The Balaban J connectivity index is 0.000000277. The average Bonchev–Trinajstić information content (AvgIpc) is 3.38. The van der Waals surface area contributed by atoms with E-state index in [-0.39, 0.29) is 0 Å². The van der Waals surface area contributed by atoms with Crippen molar-refractivity contribution in [3.05, 3.63) is 31.2 Å². The highest BCUT2D eigenvalue weighted by Gasteiger charge is 2.22. The zero-order valence-electron chi connectivity index (χ0n) is 22.4. The van der Waals surface area contributed by atoms with Gasteiger partial charge >= 0.3 is 0 Å². The number of thiazole rings is 2. The Morgan fingerprint density at radius 2 is 1.06 bits per heavy atom. The molecule has 0 amide bonds. The van der Waals surface area contributed by atoms with E-state index in [1.165, 1.54) is 98.5 Å². The van der Waals surface area contributed by atoms with Gasteiger partial charge in [0.25, 0.3) is 0 Å². The van der Waals surface area contributed by atoms with E-state index in [0.717, 1.165) is 11.8 Å². The minimum absolute atomic E-state index is 0.947. The number of aryl methyl sites for hydroxylation is 4. The van der Waals surface area contributed by atoms with Gasteiger partial charge in [0.2, 0.25) is 0 Å². The maximum atomic E-state index is 4.58. The number of unbranched alkanes of at least 4 members (excludes halogenated alkanes) is 2. The SMILES string of the molecule is CC.CC.CCCC[C@@H]1CCc2nc(C)sc2C1.CCCC[C@@H]1CCc2nc(C)sc2C1. The van der Waals surface area contributed by atoms with Crippen LogP contribution in [0.15, 0.2) is 0 Å². The second-order valence-electron chi connectivity index (χ2n) is 8.71. The lowest BCUT2D eigenvalue weighted by Crippen LogP contribution is -2.12. The normalized spacial score (nSPS) is 18.6. The van der Waals surface area contributed by atoms with Crippen molar-refractivity contribution in [3.8, 4) is 0 Å². The van der Waals surface area contributed by atoms with Crippen LogP contribution >= 0.6 is 22.7 Å². The number of hydrogen-bond donors (Lipinski definition) is 0. The first-order valence-corrected chi connectivity index (χ1v) is 15.1. The molecular formula is C28H50N2S2. The summed E-state index contributed by atoms with van der Waals surface area (Å²) in [4.78, 5) is 12.3. The Bertz CT molecular complexity index is 670. The van der Waals surface area contributed by atoms with Gasteiger partial charge < -0.3 is 0 Å². The highest BCUT2D eigenvalue weighted by atomic mass is 32.1. The van der Waals surface area contributed by atoms with E-state index in [4.69, 9.17) is 0 Å². The summed E-state index contributed by atoms with van der Waals surface area (Å²) < 4.78 is 0. The lowest BCUT2D eigenvalue weighted by molar-refractivity contribution is 0.414. The maximum Gasteiger partial charge on any atom is 0.0900 e. The molecule has 2 aromatic rings. The molecule has 2 heterocycles. The molecule has 2 aliphatic carbocycles. The molecule has 0 unspecified atom stereocenters.